The van der Waals surface area contributed by atoms with Gasteiger partial charge in [-0.2, -0.15) is 0 Å². The van der Waals surface area contributed by atoms with Gasteiger partial charge in [-0.1, -0.05) is 0 Å². The number of carbonyl (C=O) groups excluding carboxylic acids is 1. The zero-order valence-corrected chi connectivity index (χ0v) is 9.15. The van der Waals surface area contributed by atoms with Crippen molar-refractivity contribution in [3.05, 3.63) is 0 Å². The molecule has 2 aliphatic heterocycles. The minimum Gasteiger partial charge on any atom is -0.380 e. The number of ether oxygens (including phenoxy) is 1. The van der Waals surface area contributed by atoms with Gasteiger partial charge in [-0.15, -0.1) is 0 Å². The summed E-state index contributed by atoms with van der Waals surface area (Å²) < 4.78 is 5.38. The Hall–Kier alpha value is -0.410. The smallest absolute Gasteiger partial charge is 0.129 e. The van der Waals surface area contributed by atoms with E-state index in [9.17, 15) is 4.79 Å². The van der Waals surface area contributed by atoms with E-state index in [1.54, 1.807) is 0 Å². The number of hydrogen-bond acceptors (Lipinski definition) is 3. The molecule has 0 spiro atoms. The van der Waals surface area contributed by atoms with E-state index in [0.29, 0.717) is 6.61 Å². The molecule has 3 heteroatoms. The first kappa shape index (κ1) is 9.79. The van der Waals surface area contributed by atoms with Gasteiger partial charge >= 0.3 is 0 Å². The van der Waals surface area contributed by atoms with Gasteiger partial charge in [-0.05, 0) is 31.6 Å². The van der Waals surface area contributed by atoms with Crippen molar-refractivity contribution in [3.63, 3.8) is 0 Å². The number of rotatable bonds is 3. The lowest BCUT2D eigenvalue weighted by Gasteiger charge is -2.33. The first-order chi connectivity index (χ1) is 7.31. The van der Waals surface area contributed by atoms with Gasteiger partial charge in [-0.25, -0.2) is 0 Å². The summed E-state index contributed by atoms with van der Waals surface area (Å²) in [6.45, 7) is 3.57. The van der Waals surface area contributed by atoms with Crippen LogP contribution in [0, 0.1) is 11.3 Å². The van der Waals surface area contributed by atoms with Crippen LogP contribution in [0.5, 0.6) is 0 Å². The van der Waals surface area contributed by atoms with Crippen LogP contribution in [-0.4, -0.2) is 43.5 Å². The number of nitrogens with zero attached hydrogens (tertiary/aromatic N) is 1. The molecule has 3 aliphatic rings. The Morgan fingerprint density at radius 3 is 2.93 bits per heavy atom. The molecule has 0 aromatic heterocycles. The van der Waals surface area contributed by atoms with Crippen LogP contribution < -0.4 is 0 Å². The second kappa shape index (κ2) is 3.56. The molecule has 3 nitrogen and oxygen atoms in total. The molecular weight excluding hydrogens is 190 g/mol. The highest BCUT2D eigenvalue weighted by Crippen LogP contribution is 2.40. The lowest BCUT2D eigenvalue weighted by atomic mass is 9.88. The quantitative estimate of drug-likeness (QED) is 0.651. The van der Waals surface area contributed by atoms with Gasteiger partial charge in [0.2, 0.25) is 0 Å². The van der Waals surface area contributed by atoms with Crippen molar-refractivity contribution in [1.82, 2.24) is 4.90 Å². The van der Waals surface area contributed by atoms with Crippen molar-refractivity contribution in [2.24, 2.45) is 11.3 Å². The summed E-state index contributed by atoms with van der Waals surface area (Å²) in [6.07, 6.45) is 6.19. The van der Waals surface area contributed by atoms with E-state index in [-0.39, 0.29) is 5.41 Å². The van der Waals surface area contributed by atoms with Crippen molar-refractivity contribution in [1.29, 1.82) is 0 Å². The maximum Gasteiger partial charge on any atom is 0.129 e. The molecule has 1 saturated carbocycles. The molecule has 2 saturated heterocycles. The Bertz CT molecular complexity index is 260. The second-order valence-corrected chi connectivity index (χ2v) is 5.55. The molecule has 3 unspecified atom stereocenters. The van der Waals surface area contributed by atoms with Crippen LogP contribution in [-0.2, 0) is 9.53 Å². The van der Waals surface area contributed by atoms with Gasteiger partial charge in [0.05, 0.1) is 12.0 Å². The Morgan fingerprint density at radius 1 is 1.47 bits per heavy atom. The van der Waals surface area contributed by atoms with Crippen LogP contribution in [0.1, 0.15) is 25.7 Å². The number of hydrogen-bond donors (Lipinski definition) is 0. The Balaban J connectivity index is 1.66. The van der Waals surface area contributed by atoms with E-state index in [4.69, 9.17) is 4.74 Å². The zero-order chi connectivity index (χ0) is 10.3. The van der Waals surface area contributed by atoms with Crippen LogP contribution in [0.2, 0.25) is 0 Å². The molecule has 2 heterocycles. The Kier molecular flexibility index (Phi) is 2.33. The summed E-state index contributed by atoms with van der Waals surface area (Å²) in [4.78, 5) is 13.8. The maximum atomic E-state index is 11.2. The molecule has 3 fully saturated rings. The summed E-state index contributed by atoms with van der Waals surface area (Å²) in [5.74, 6) is 0.918. The third kappa shape index (κ3) is 1.62. The standard InChI is InChI=1S/C12H19NO2/c14-8-12(3-4-15-9-12)7-13-6-10-1-2-11(13)5-10/h8,10-11H,1-7,9H2. The van der Waals surface area contributed by atoms with Gasteiger partial charge in [0.25, 0.3) is 0 Å². The first-order valence-electron chi connectivity index (χ1n) is 6.09. The van der Waals surface area contributed by atoms with E-state index >= 15 is 0 Å². The zero-order valence-electron chi connectivity index (χ0n) is 9.15. The van der Waals surface area contributed by atoms with Crippen LogP contribution >= 0.6 is 0 Å². The van der Waals surface area contributed by atoms with Crippen LogP contribution in [0.3, 0.4) is 0 Å². The van der Waals surface area contributed by atoms with Gasteiger partial charge < -0.3 is 9.53 Å². The van der Waals surface area contributed by atoms with Gasteiger partial charge in [0, 0.05) is 25.7 Å². The molecule has 0 aromatic rings. The summed E-state index contributed by atoms with van der Waals surface area (Å²) in [7, 11) is 0. The van der Waals surface area contributed by atoms with Gasteiger partial charge in [0.15, 0.2) is 0 Å². The minimum atomic E-state index is -0.176. The highest BCUT2D eigenvalue weighted by Gasteiger charge is 2.43. The molecule has 15 heavy (non-hydrogen) atoms. The molecule has 0 amide bonds. The lowest BCUT2D eigenvalue weighted by Crippen LogP contribution is -2.43. The van der Waals surface area contributed by atoms with E-state index in [1.165, 1.54) is 25.8 Å². The lowest BCUT2D eigenvalue weighted by molar-refractivity contribution is -0.117. The average Bonchev–Trinajstić information content (AvgIpc) is 2.93. The normalized spacial score (nSPS) is 45.1. The van der Waals surface area contributed by atoms with Gasteiger partial charge in [-0.3, -0.25) is 4.90 Å². The third-order valence-corrected chi connectivity index (χ3v) is 4.42. The highest BCUT2D eigenvalue weighted by molar-refractivity contribution is 5.60. The number of piperidine rings is 1. The molecule has 0 N–H and O–H groups in total. The fraction of sp³-hybridized carbons (Fsp3) is 0.917. The minimum absolute atomic E-state index is 0.176. The largest absolute Gasteiger partial charge is 0.380 e. The molecular formula is C12H19NO2. The molecule has 84 valence electrons. The van der Waals surface area contributed by atoms with Crippen molar-refractivity contribution < 1.29 is 9.53 Å². The fourth-order valence-electron chi connectivity index (χ4n) is 3.50. The molecule has 0 aromatic carbocycles. The molecule has 0 radical (unpaired) electrons. The fourth-order valence-corrected chi connectivity index (χ4v) is 3.50. The topological polar surface area (TPSA) is 29.5 Å². The van der Waals surface area contributed by atoms with Crippen LogP contribution in [0.4, 0.5) is 0 Å². The van der Waals surface area contributed by atoms with E-state index < -0.39 is 0 Å². The van der Waals surface area contributed by atoms with Crippen LogP contribution in [0.15, 0.2) is 0 Å². The summed E-state index contributed by atoms with van der Waals surface area (Å²) >= 11 is 0. The predicted molar refractivity (Wildman–Crippen MR) is 56.6 cm³/mol. The molecule has 3 rings (SSSR count). The second-order valence-electron chi connectivity index (χ2n) is 5.55. The predicted octanol–water partition coefficient (Wildman–Crippen LogP) is 1.08. The van der Waals surface area contributed by atoms with E-state index in [1.807, 2.05) is 0 Å². The number of likely N-dealkylation sites (tertiary alicyclic amines) is 1. The molecule has 3 atom stereocenters. The van der Waals surface area contributed by atoms with E-state index in [0.717, 1.165) is 37.8 Å². The average molecular weight is 209 g/mol. The van der Waals surface area contributed by atoms with Crippen LogP contribution in [0.25, 0.3) is 0 Å². The maximum absolute atomic E-state index is 11.2. The summed E-state index contributed by atoms with van der Waals surface area (Å²) in [5, 5.41) is 0. The highest BCUT2D eigenvalue weighted by atomic mass is 16.5. The summed E-state index contributed by atoms with van der Waals surface area (Å²) in [5.41, 5.74) is -0.176. The number of fused-ring (bicyclic) bond motifs is 2. The number of carbonyl (C=O) groups is 1. The van der Waals surface area contributed by atoms with Crippen molar-refractivity contribution in [2.75, 3.05) is 26.3 Å². The third-order valence-electron chi connectivity index (χ3n) is 4.42. The Labute approximate surface area is 90.8 Å². The van der Waals surface area contributed by atoms with Crippen molar-refractivity contribution in [2.45, 2.75) is 31.7 Å². The molecule has 1 aliphatic carbocycles. The summed E-state index contributed by atoms with van der Waals surface area (Å²) in [6, 6.07) is 0.771. The molecule has 2 bridgehead atoms. The first-order valence-corrected chi connectivity index (χ1v) is 6.09. The van der Waals surface area contributed by atoms with Gasteiger partial charge in [0.1, 0.15) is 6.29 Å². The van der Waals surface area contributed by atoms with E-state index in [2.05, 4.69) is 4.90 Å². The number of aldehydes is 1. The van der Waals surface area contributed by atoms with Crippen molar-refractivity contribution >= 4 is 6.29 Å². The van der Waals surface area contributed by atoms with Crippen molar-refractivity contribution in [3.8, 4) is 0 Å². The monoisotopic (exact) mass is 209 g/mol. The Morgan fingerprint density at radius 2 is 2.40 bits per heavy atom. The SMILES string of the molecule is O=CC1(CN2CC3CCC2C3)CCOC1.